The normalized spacial score (nSPS) is 16.4. The number of hydrogen-bond donors (Lipinski definition) is 0. The third-order valence-corrected chi connectivity index (χ3v) is 2.78. The van der Waals surface area contributed by atoms with E-state index in [1.807, 2.05) is 0 Å². The molecule has 1 aliphatic heterocycles. The Balaban J connectivity index is 2.45. The van der Waals surface area contributed by atoms with Crippen molar-refractivity contribution in [2.24, 2.45) is 0 Å². The van der Waals surface area contributed by atoms with E-state index in [1.54, 1.807) is 5.70 Å². The predicted molar refractivity (Wildman–Crippen MR) is 61.9 cm³/mol. The van der Waals surface area contributed by atoms with Gasteiger partial charge in [-0.2, -0.15) is 0 Å². The highest BCUT2D eigenvalue weighted by Gasteiger charge is 2.17. The average molecular weight is 196 g/mol. The van der Waals surface area contributed by atoms with E-state index in [0.717, 1.165) is 13.2 Å². The summed E-state index contributed by atoms with van der Waals surface area (Å²) in [6, 6.07) is 0. The number of rotatable bonds is 6. The van der Waals surface area contributed by atoms with Crippen LogP contribution in [0.3, 0.4) is 0 Å². The highest BCUT2D eigenvalue weighted by Crippen LogP contribution is 2.20. The molecule has 1 heterocycles. The van der Waals surface area contributed by atoms with Crippen molar-refractivity contribution in [2.45, 2.75) is 46.5 Å². The van der Waals surface area contributed by atoms with Gasteiger partial charge in [-0.3, -0.25) is 0 Å². The first-order chi connectivity index (χ1) is 6.81. The summed E-state index contributed by atoms with van der Waals surface area (Å²) in [5.74, 6) is 0. The zero-order chi connectivity index (χ0) is 10.4. The molecule has 14 heavy (non-hydrogen) atoms. The monoisotopic (exact) mass is 196 g/mol. The van der Waals surface area contributed by atoms with Crippen LogP contribution in [-0.2, 0) is 0 Å². The topological polar surface area (TPSA) is 6.48 Å². The summed E-state index contributed by atoms with van der Waals surface area (Å²) in [5, 5.41) is 0. The van der Waals surface area contributed by atoms with E-state index < -0.39 is 0 Å². The first-order valence-electron chi connectivity index (χ1n) is 6.01. The molecule has 0 fully saturated rings. The molecule has 82 valence electrons. The predicted octanol–water partition coefficient (Wildman–Crippen LogP) is 3.02. The maximum Gasteiger partial charge on any atom is 0.0895 e. The average Bonchev–Trinajstić information content (AvgIpc) is 2.58. The van der Waals surface area contributed by atoms with E-state index in [4.69, 9.17) is 0 Å². The van der Waals surface area contributed by atoms with Crippen LogP contribution < -0.4 is 0 Å². The summed E-state index contributed by atoms with van der Waals surface area (Å²) in [5.41, 5.74) is 1.54. The van der Waals surface area contributed by atoms with E-state index >= 15 is 0 Å². The summed E-state index contributed by atoms with van der Waals surface area (Å²) in [4.78, 5) is 4.94. The molecule has 0 spiro atoms. The maximum atomic E-state index is 2.54. The van der Waals surface area contributed by atoms with E-state index in [2.05, 4.69) is 36.8 Å². The molecule has 0 aromatic heterocycles. The van der Waals surface area contributed by atoms with E-state index in [0.29, 0.717) is 0 Å². The fourth-order valence-electron chi connectivity index (χ4n) is 1.88. The van der Waals surface area contributed by atoms with Crippen molar-refractivity contribution in [3.63, 3.8) is 0 Å². The lowest BCUT2D eigenvalue weighted by Crippen LogP contribution is -2.27. The SMILES string of the molecule is CCCCN1CN(CC)C=C1CCC. The lowest BCUT2D eigenvalue weighted by Gasteiger charge is -2.23. The van der Waals surface area contributed by atoms with Crippen molar-refractivity contribution < 1.29 is 0 Å². The van der Waals surface area contributed by atoms with Gasteiger partial charge in [0.2, 0.25) is 0 Å². The Bertz CT molecular complexity index is 187. The zero-order valence-corrected chi connectivity index (χ0v) is 9.92. The highest BCUT2D eigenvalue weighted by molar-refractivity contribution is 5.06. The third-order valence-electron chi connectivity index (χ3n) is 2.78. The molecule has 2 nitrogen and oxygen atoms in total. The van der Waals surface area contributed by atoms with Gasteiger partial charge < -0.3 is 9.80 Å². The number of hydrogen-bond acceptors (Lipinski definition) is 2. The summed E-state index contributed by atoms with van der Waals surface area (Å²) in [7, 11) is 0. The smallest absolute Gasteiger partial charge is 0.0895 e. The van der Waals surface area contributed by atoms with Gasteiger partial charge in [-0.25, -0.2) is 0 Å². The fourth-order valence-corrected chi connectivity index (χ4v) is 1.88. The molecule has 2 heteroatoms. The van der Waals surface area contributed by atoms with Crippen molar-refractivity contribution in [2.75, 3.05) is 19.8 Å². The van der Waals surface area contributed by atoms with Crippen LogP contribution in [0.2, 0.25) is 0 Å². The van der Waals surface area contributed by atoms with Crippen LogP contribution in [-0.4, -0.2) is 29.6 Å². The standard InChI is InChI=1S/C12H24N2/c1-4-7-9-14-11-13(6-3)10-12(14)8-5-2/h10H,4-9,11H2,1-3H3. The van der Waals surface area contributed by atoms with Crippen molar-refractivity contribution in [1.29, 1.82) is 0 Å². The van der Waals surface area contributed by atoms with Crippen molar-refractivity contribution >= 4 is 0 Å². The van der Waals surface area contributed by atoms with Gasteiger partial charge in [0.25, 0.3) is 0 Å². The third kappa shape index (κ3) is 2.93. The molecule has 0 aliphatic carbocycles. The Morgan fingerprint density at radius 2 is 2.00 bits per heavy atom. The molecule has 0 saturated carbocycles. The summed E-state index contributed by atoms with van der Waals surface area (Å²) < 4.78 is 0. The van der Waals surface area contributed by atoms with Gasteiger partial charge in [0, 0.05) is 25.0 Å². The Morgan fingerprint density at radius 3 is 2.57 bits per heavy atom. The minimum absolute atomic E-state index is 1.12. The van der Waals surface area contributed by atoms with Crippen LogP contribution in [0.25, 0.3) is 0 Å². The Kier molecular flexibility index (Phi) is 4.85. The van der Waals surface area contributed by atoms with Gasteiger partial charge in [0.1, 0.15) is 0 Å². The molecule has 0 N–H and O–H groups in total. The van der Waals surface area contributed by atoms with Gasteiger partial charge in [-0.05, 0) is 19.8 Å². The summed E-state index contributed by atoms with van der Waals surface area (Å²) >= 11 is 0. The fraction of sp³-hybridized carbons (Fsp3) is 0.833. The second kappa shape index (κ2) is 5.94. The van der Waals surface area contributed by atoms with Crippen molar-refractivity contribution in [1.82, 2.24) is 9.80 Å². The minimum atomic E-state index is 1.12. The number of nitrogens with zero attached hydrogens (tertiary/aromatic N) is 2. The molecule has 0 unspecified atom stereocenters. The van der Waals surface area contributed by atoms with Crippen LogP contribution in [0.15, 0.2) is 11.9 Å². The molecule has 1 aliphatic rings. The van der Waals surface area contributed by atoms with Crippen LogP contribution in [0, 0.1) is 0 Å². The quantitative estimate of drug-likeness (QED) is 0.644. The summed E-state index contributed by atoms with van der Waals surface area (Å²) in [6.07, 6.45) is 7.45. The zero-order valence-electron chi connectivity index (χ0n) is 9.92. The van der Waals surface area contributed by atoms with Crippen molar-refractivity contribution in [3.8, 4) is 0 Å². The molecular formula is C12H24N2. The van der Waals surface area contributed by atoms with E-state index in [1.165, 1.54) is 32.2 Å². The second-order valence-corrected chi connectivity index (χ2v) is 4.03. The molecular weight excluding hydrogens is 172 g/mol. The van der Waals surface area contributed by atoms with E-state index in [-0.39, 0.29) is 0 Å². The van der Waals surface area contributed by atoms with Crippen LogP contribution in [0.5, 0.6) is 0 Å². The lowest BCUT2D eigenvalue weighted by molar-refractivity contribution is 0.255. The number of unbranched alkanes of at least 4 members (excludes halogenated alkanes) is 1. The van der Waals surface area contributed by atoms with Gasteiger partial charge in [-0.15, -0.1) is 0 Å². The van der Waals surface area contributed by atoms with Gasteiger partial charge >= 0.3 is 0 Å². The first-order valence-corrected chi connectivity index (χ1v) is 6.01. The van der Waals surface area contributed by atoms with Gasteiger partial charge in [0.05, 0.1) is 6.67 Å². The molecule has 0 atom stereocenters. The molecule has 0 aromatic carbocycles. The van der Waals surface area contributed by atoms with Gasteiger partial charge in [0.15, 0.2) is 0 Å². The Hall–Kier alpha value is -0.660. The molecule has 0 saturated heterocycles. The van der Waals surface area contributed by atoms with Crippen LogP contribution >= 0.6 is 0 Å². The Labute approximate surface area is 88.6 Å². The van der Waals surface area contributed by atoms with Crippen molar-refractivity contribution in [3.05, 3.63) is 11.9 Å². The van der Waals surface area contributed by atoms with Crippen LogP contribution in [0.4, 0.5) is 0 Å². The van der Waals surface area contributed by atoms with E-state index in [9.17, 15) is 0 Å². The maximum absolute atomic E-state index is 2.54. The number of allylic oxidation sites excluding steroid dienone is 1. The lowest BCUT2D eigenvalue weighted by atomic mass is 10.2. The first kappa shape index (κ1) is 11.4. The minimum Gasteiger partial charge on any atom is -0.359 e. The molecule has 0 radical (unpaired) electrons. The second-order valence-electron chi connectivity index (χ2n) is 4.03. The molecule has 1 rings (SSSR count). The highest BCUT2D eigenvalue weighted by atomic mass is 15.3. The Morgan fingerprint density at radius 1 is 1.21 bits per heavy atom. The molecule has 0 amide bonds. The molecule has 0 bridgehead atoms. The molecule has 0 aromatic rings. The largest absolute Gasteiger partial charge is 0.359 e. The van der Waals surface area contributed by atoms with Gasteiger partial charge in [-0.1, -0.05) is 26.7 Å². The van der Waals surface area contributed by atoms with Crippen LogP contribution in [0.1, 0.15) is 46.5 Å². The summed E-state index contributed by atoms with van der Waals surface area (Å²) in [6.45, 7) is 10.2.